The van der Waals surface area contributed by atoms with E-state index in [4.69, 9.17) is 0 Å². The molecule has 0 fully saturated rings. The average Bonchev–Trinajstić information content (AvgIpc) is 3.33. The molecule has 0 saturated heterocycles. The zero-order valence-corrected chi connectivity index (χ0v) is 17.7. The number of nitrogens with zero attached hydrogens (tertiary/aromatic N) is 2. The molecule has 0 saturated carbocycles. The molecule has 1 amide bonds. The van der Waals surface area contributed by atoms with Crippen LogP contribution in [-0.4, -0.2) is 20.7 Å². The molecular formula is C23H19F5N4O. The highest BCUT2D eigenvalue weighted by molar-refractivity contribution is 5.92. The van der Waals surface area contributed by atoms with E-state index in [0.717, 1.165) is 21.1 Å². The van der Waals surface area contributed by atoms with Gasteiger partial charge in [0.05, 0.1) is 29.2 Å². The fourth-order valence-electron chi connectivity index (χ4n) is 3.76. The predicted molar refractivity (Wildman–Crippen MR) is 112 cm³/mol. The molecule has 172 valence electrons. The number of anilines is 1. The van der Waals surface area contributed by atoms with Gasteiger partial charge in [0.25, 0.3) is 0 Å². The SMILES string of the molecule is Cc1nn(Cc2c(F)c(F)c(F)c(F)c2F)c(C)c1NC(=O)CCc1c[nH]c2ccccc12. The van der Waals surface area contributed by atoms with Gasteiger partial charge in [-0.2, -0.15) is 5.10 Å². The number of para-hydroxylation sites is 1. The number of aryl methyl sites for hydroxylation is 2. The molecule has 0 spiro atoms. The highest BCUT2D eigenvalue weighted by atomic mass is 19.2. The normalized spacial score (nSPS) is 11.4. The molecule has 2 heterocycles. The summed E-state index contributed by atoms with van der Waals surface area (Å²) in [5.74, 6) is -10.4. The Hall–Kier alpha value is -3.69. The summed E-state index contributed by atoms with van der Waals surface area (Å²) in [7, 11) is 0. The van der Waals surface area contributed by atoms with Gasteiger partial charge in [0.15, 0.2) is 23.3 Å². The van der Waals surface area contributed by atoms with E-state index >= 15 is 0 Å². The van der Waals surface area contributed by atoms with E-state index in [2.05, 4.69) is 15.4 Å². The van der Waals surface area contributed by atoms with Crippen LogP contribution in [0.15, 0.2) is 30.5 Å². The summed E-state index contributed by atoms with van der Waals surface area (Å²) < 4.78 is 69.5. The van der Waals surface area contributed by atoms with E-state index < -0.39 is 41.2 Å². The van der Waals surface area contributed by atoms with Gasteiger partial charge >= 0.3 is 0 Å². The number of amides is 1. The highest BCUT2D eigenvalue weighted by Crippen LogP contribution is 2.26. The molecule has 0 bridgehead atoms. The minimum absolute atomic E-state index is 0.170. The fraction of sp³-hybridized carbons (Fsp3) is 0.217. The third-order valence-electron chi connectivity index (χ3n) is 5.55. The van der Waals surface area contributed by atoms with Crippen LogP contribution in [0.1, 0.15) is 28.9 Å². The number of halogens is 5. The Morgan fingerprint density at radius 3 is 2.33 bits per heavy atom. The molecule has 2 aromatic carbocycles. The monoisotopic (exact) mass is 462 g/mol. The van der Waals surface area contributed by atoms with Crippen LogP contribution in [0.25, 0.3) is 10.9 Å². The summed E-state index contributed by atoms with van der Waals surface area (Å²) in [4.78, 5) is 15.7. The molecule has 2 aromatic heterocycles. The molecule has 0 atom stereocenters. The summed E-state index contributed by atoms with van der Waals surface area (Å²) in [6, 6.07) is 7.71. The van der Waals surface area contributed by atoms with Gasteiger partial charge in [-0.3, -0.25) is 9.48 Å². The number of aromatic amines is 1. The number of nitrogens with one attached hydrogen (secondary N) is 2. The van der Waals surface area contributed by atoms with E-state index in [1.165, 1.54) is 6.92 Å². The Labute approximate surface area is 185 Å². The van der Waals surface area contributed by atoms with Crippen molar-refractivity contribution in [1.29, 1.82) is 0 Å². The van der Waals surface area contributed by atoms with Crippen molar-refractivity contribution in [3.63, 3.8) is 0 Å². The topological polar surface area (TPSA) is 62.7 Å². The maximum Gasteiger partial charge on any atom is 0.224 e. The van der Waals surface area contributed by atoms with Crippen molar-refractivity contribution in [2.45, 2.75) is 33.2 Å². The molecule has 4 rings (SSSR count). The number of benzene rings is 2. The third kappa shape index (κ3) is 4.08. The second-order valence-corrected chi connectivity index (χ2v) is 7.66. The zero-order valence-electron chi connectivity index (χ0n) is 17.7. The first-order chi connectivity index (χ1) is 15.7. The van der Waals surface area contributed by atoms with Gasteiger partial charge in [-0.1, -0.05) is 18.2 Å². The molecule has 0 radical (unpaired) electrons. The molecule has 4 aromatic rings. The van der Waals surface area contributed by atoms with Gasteiger partial charge in [0.1, 0.15) is 0 Å². The van der Waals surface area contributed by atoms with Gasteiger partial charge < -0.3 is 10.3 Å². The first-order valence-electron chi connectivity index (χ1n) is 10.1. The lowest BCUT2D eigenvalue weighted by Gasteiger charge is -2.10. The minimum Gasteiger partial charge on any atom is -0.361 e. The second kappa shape index (κ2) is 8.68. The van der Waals surface area contributed by atoms with Gasteiger partial charge in [0.2, 0.25) is 11.7 Å². The van der Waals surface area contributed by atoms with Crippen LogP contribution in [0.4, 0.5) is 27.6 Å². The molecule has 33 heavy (non-hydrogen) atoms. The van der Waals surface area contributed by atoms with E-state index in [-0.39, 0.29) is 12.3 Å². The summed E-state index contributed by atoms with van der Waals surface area (Å²) in [5, 5.41) is 7.85. The number of H-pyrrole nitrogens is 1. The van der Waals surface area contributed by atoms with E-state index in [1.54, 1.807) is 6.92 Å². The van der Waals surface area contributed by atoms with Crippen LogP contribution in [0.2, 0.25) is 0 Å². The van der Waals surface area contributed by atoms with E-state index in [9.17, 15) is 26.7 Å². The molecule has 0 aliphatic carbocycles. The lowest BCUT2D eigenvalue weighted by Crippen LogP contribution is -2.15. The lowest BCUT2D eigenvalue weighted by atomic mass is 10.1. The zero-order chi connectivity index (χ0) is 23.9. The van der Waals surface area contributed by atoms with Crippen molar-refractivity contribution >= 4 is 22.5 Å². The van der Waals surface area contributed by atoms with Crippen molar-refractivity contribution in [1.82, 2.24) is 14.8 Å². The van der Waals surface area contributed by atoms with Gasteiger partial charge in [-0.25, -0.2) is 22.0 Å². The Kier molecular flexibility index (Phi) is 5.92. The first-order valence-corrected chi connectivity index (χ1v) is 10.1. The van der Waals surface area contributed by atoms with Crippen LogP contribution in [-0.2, 0) is 17.8 Å². The quantitative estimate of drug-likeness (QED) is 0.232. The summed E-state index contributed by atoms with van der Waals surface area (Å²) >= 11 is 0. The number of hydrogen-bond donors (Lipinski definition) is 2. The summed E-state index contributed by atoms with van der Waals surface area (Å²) in [6.45, 7) is 2.41. The van der Waals surface area contributed by atoms with Gasteiger partial charge in [-0.05, 0) is 31.9 Å². The van der Waals surface area contributed by atoms with Gasteiger partial charge in [-0.15, -0.1) is 0 Å². The number of carbonyl (C=O) groups is 1. The van der Waals surface area contributed by atoms with E-state index in [1.807, 2.05) is 30.5 Å². The van der Waals surface area contributed by atoms with Crippen molar-refractivity contribution in [3.05, 3.63) is 82.1 Å². The highest BCUT2D eigenvalue weighted by Gasteiger charge is 2.27. The average molecular weight is 462 g/mol. The molecule has 0 unspecified atom stereocenters. The lowest BCUT2D eigenvalue weighted by molar-refractivity contribution is -0.116. The Balaban J connectivity index is 1.51. The molecule has 10 heteroatoms. The van der Waals surface area contributed by atoms with Crippen LogP contribution >= 0.6 is 0 Å². The number of hydrogen-bond acceptors (Lipinski definition) is 2. The predicted octanol–water partition coefficient (Wildman–Crippen LogP) is 5.30. The maximum absolute atomic E-state index is 14.0. The van der Waals surface area contributed by atoms with Crippen LogP contribution in [0.3, 0.4) is 0 Å². The van der Waals surface area contributed by atoms with Gasteiger partial charge in [0, 0.05) is 23.5 Å². The number of fused-ring (bicyclic) bond motifs is 1. The Morgan fingerprint density at radius 2 is 1.64 bits per heavy atom. The fourth-order valence-corrected chi connectivity index (χ4v) is 3.76. The molecule has 0 aliphatic rings. The van der Waals surface area contributed by atoms with Crippen LogP contribution in [0.5, 0.6) is 0 Å². The van der Waals surface area contributed by atoms with Crippen molar-refractivity contribution in [2.24, 2.45) is 0 Å². The van der Waals surface area contributed by atoms with Crippen molar-refractivity contribution in [3.8, 4) is 0 Å². The number of carbonyl (C=O) groups excluding carboxylic acids is 1. The molecule has 5 nitrogen and oxygen atoms in total. The Bertz CT molecular complexity index is 1350. The number of rotatable bonds is 6. The standard InChI is InChI=1S/C23H19F5N4O/c1-11-23(30-17(33)8-7-13-9-29-16-6-4-3-5-14(13)16)12(2)32(31-11)10-15-18(24)20(26)22(28)21(27)19(15)25/h3-6,9,29H,7-8,10H2,1-2H3,(H,30,33). The minimum atomic E-state index is -2.22. The van der Waals surface area contributed by atoms with Crippen molar-refractivity contribution in [2.75, 3.05) is 5.32 Å². The first kappa shape index (κ1) is 22.5. The Morgan fingerprint density at radius 1 is 1.00 bits per heavy atom. The number of aromatic nitrogens is 3. The van der Waals surface area contributed by atoms with Crippen LogP contribution < -0.4 is 5.32 Å². The summed E-state index contributed by atoms with van der Waals surface area (Å²) in [6.07, 6.45) is 2.49. The molecular weight excluding hydrogens is 443 g/mol. The van der Waals surface area contributed by atoms with E-state index in [0.29, 0.717) is 23.5 Å². The summed E-state index contributed by atoms with van der Waals surface area (Å²) in [5.41, 5.74) is 1.93. The second-order valence-electron chi connectivity index (χ2n) is 7.66. The third-order valence-corrected chi connectivity index (χ3v) is 5.55. The maximum atomic E-state index is 14.0. The largest absolute Gasteiger partial charge is 0.361 e. The van der Waals surface area contributed by atoms with Crippen molar-refractivity contribution < 1.29 is 26.7 Å². The van der Waals surface area contributed by atoms with Crippen LogP contribution in [0, 0.1) is 42.9 Å². The molecule has 2 N–H and O–H groups in total. The smallest absolute Gasteiger partial charge is 0.224 e. The molecule has 0 aliphatic heterocycles.